The zero-order valence-electron chi connectivity index (χ0n) is 13.5. The predicted octanol–water partition coefficient (Wildman–Crippen LogP) is 3.36. The molecule has 124 valence electrons. The van der Waals surface area contributed by atoms with Crippen molar-refractivity contribution in [3.63, 3.8) is 0 Å². The molecule has 2 amide bonds. The molecule has 0 saturated carbocycles. The van der Waals surface area contributed by atoms with Gasteiger partial charge in [-0.05, 0) is 42.1 Å². The standard InChI is InChI=1S/C18H18N2O3S/c1-3-10-20-17(21)15(14-5-4-11-24-14)16(18(20)22)19-12-6-8-13(23-2)9-7-12/h4-9,11,19H,3,10H2,1-2H3. The lowest BCUT2D eigenvalue weighted by molar-refractivity contribution is -0.136. The van der Waals surface area contributed by atoms with Gasteiger partial charge in [0.25, 0.3) is 11.8 Å². The molecule has 6 heteroatoms. The lowest BCUT2D eigenvalue weighted by atomic mass is 10.2. The van der Waals surface area contributed by atoms with Gasteiger partial charge >= 0.3 is 0 Å². The maximum absolute atomic E-state index is 12.7. The number of nitrogens with one attached hydrogen (secondary N) is 1. The second-order valence-corrected chi connectivity index (χ2v) is 6.29. The summed E-state index contributed by atoms with van der Waals surface area (Å²) in [6.45, 7) is 2.36. The second-order valence-electron chi connectivity index (χ2n) is 5.34. The Hall–Kier alpha value is -2.60. The summed E-state index contributed by atoms with van der Waals surface area (Å²) in [6.07, 6.45) is 0.727. The Morgan fingerprint density at radius 3 is 2.46 bits per heavy atom. The molecule has 1 N–H and O–H groups in total. The molecule has 2 aromatic rings. The summed E-state index contributed by atoms with van der Waals surface area (Å²) >= 11 is 1.45. The largest absolute Gasteiger partial charge is 0.497 e. The number of imide groups is 1. The summed E-state index contributed by atoms with van der Waals surface area (Å²) in [5.74, 6) is 0.218. The number of carbonyl (C=O) groups excluding carboxylic acids is 2. The molecule has 0 radical (unpaired) electrons. The number of ether oxygens (including phenoxy) is 1. The van der Waals surface area contributed by atoms with Crippen LogP contribution >= 0.6 is 11.3 Å². The van der Waals surface area contributed by atoms with Crippen molar-refractivity contribution in [1.29, 1.82) is 0 Å². The van der Waals surface area contributed by atoms with Gasteiger partial charge < -0.3 is 10.1 Å². The smallest absolute Gasteiger partial charge is 0.278 e. The number of thiophene rings is 1. The highest BCUT2D eigenvalue weighted by Gasteiger charge is 2.39. The maximum Gasteiger partial charge on any atom is 0.278 e. The average Bonchev–Trinajstić information content (AvgIpc) is 3.19. The highest BCUT2D eigenvalue weighted by molar-refractivity contribution is 7.11. The molecule has 0 fully saturated rings. The van der Waals surface area contributed by atoms with Gasteiger partial charge in [-0.1, -0.05) is 13.0 Å². The molecule has 1 aliphatic heterocycles. The minimum absolute atomic E-state index is 0.236. The van der Waals surface area contributed by atoms with E-state index in [-0.39, 0.29) is 11.8 Å². The summed E-state index contributed by atoms with van der Waals surface area (Å²) < 4.78 is 5.14. The van der Waals surface area contributed by atoms with E-state index in [0.29, 0.717) is 17.8 Å². The molecule has 3 rings (SSSR count). The Kier molecular flexibility index (Phi) is 4.66. The Labute approximate surface area is 144 Å². The van der Waals surface area contributed by atoms with E-state index in [4.69, 9.17) is 4.74 Å². The first-order chi connectivity index (χ1) is 11.7. The normalized spacial score (nSPS) is 14.5. The highest BCUT2D eigenvalue weighted by Crippen LogP contribution is 2.33. The summed E-state index contributed by atoms with van der Waals surface area (Å²) in [5, 5.41) is 5.01. The van der Waals surface area contributed by atoms with Gasteiger partial charge in [-0.2, -0.15) is 0 Å². The van der Waals surface area contributed by atoms with Crippen molar-refractivity contribution >= 4 is 34.4 Å². The van der Waals surface area contributed by atoms with Crippen molar-refractivity contribution in [1.82, 2.24) is 4.90 Å². The first-order valence-corrected chi connectivity index (χ1v) is 8.59. The number of carbonyl (C=O) groups is 2. The number of benzene rings is 1. The van der Waals surface area contributed by atoms with E-state index in [1.807, 2.05) is 36.6 Å². The molecular weight excluding hydrogens is 324 g/mol. The number of nitrogens with zero attached hydrogens (tertiary/aromatic N) is 1. The van der Waals surface area contributed by atoms with E-state index in [0.717, 1.165) is 22.7 Å². The SMILES string of the molecule is CCCN1C(=O)C(Nc2ccc(OC)cc2)=C(c2cccs2)C1=O. The van der Waals surface area contributed by atoms with Crippen molar-refractivity contribution in [2.75, 3.05) is 19.0 Å². The summed E-state index contributed by atoms with van der Waals surface area (Å²) in [6, 6.07) is 11.0. The molecule has 1 aliphatic rings. The van der Waals surface area contributed by atoms with Gasteiger partial charge in [-0.15, -0.1) is 11.3 Å². The molecule has 0 spiro atoms. The van der Waals surface area contributed by atoms with Crippen LogP contribution in [0.2, 0.25) is 0 Å². The summed E-state index contributed by atoms with van der Waals surface area (Å²) in [7, 11) is 1.60. The number of hydrogen-bond acceptors (Lipinski definition) is 5. The van der Waals surface area contributed by atoms with Crippen LogP contribution in [0.5, 0.6) is 5.75 Å². The van der Waals surface area contributed by atoms with Crippen molar-refractivity contribution in [3.8, 4) is 5.75 Å². The highest BCUT2D eigenvalue weighted by atomic mass is 32.1. The van der Waals surface area contributed by atoms with E-state index in [9.17, 15) is 9.59 Å². The van der Waals surface area contributed by atoms with Crippen LogP contribution < -0.4 is 10.1 Å². The van der Waals surface area contributed by atoms with Crippen LogP contribution in [0.15, 0.2) is 47.5 Å². The number of methoxy groups -OCH3 is 1. The first kappa shape index (κ1) is 16.3. The Morgan fingerprint density at radius 1 is 1.12 bits per heavy atom. The lowest BCUT2D eigenvalue weighted by Gasteiger charge is -2.13. The van der Waals surface area contributed by atoms with Crippen molar-refractivity contribution in [2.45, 2.75) is 13.3 Å². The molecule has 24 heavy (non-hydrogen) atoms. The predicted molar refractivity (Wildman–Crippen MR) is 94.9 cm³/mol. The summed E-state index contributed by atoms with van der Waals surface area (Å²) in [4.78, 5) is 27.5. The number of rotatable bonds is 6. The minimum Gasteiger partial charge on any atom is -0.497 e. The molecule has 1 aromatic heterocycles. The van der Waals surface area contributed by atoms with E-state index in [1.54, 1.807) is 19.2 Å². The van der Waals surface area contributed by atoms with Crippen LogP contribution in [0, 0.1) is 0 Å². The molecule has 0 aliphatic carbocycles. The Morgan fingerprint density at radius 2 is 1.88 bits per heavy atom. The number of amides is 2. The zero-order chi connectivity index (χ0) is 17.1. The molecular formula is C18H18N2O3S. The van der Waals surface area contributed by atoms with Crippen molar-refractivity contribution in [3.05, 3.63) is 52.4 Å². The third-order valence-corrected chi connectivity index (χ3v) is 4.63. The fourth-order valence-corrected chi connectivity index (χ4v) is 3.35. The fraction of sp³-hybridized carbons (Fsp3) is 0.222. The molecule has 1 aromatic carbocycles. The van der Waals surface area contributed by atoms with E-state index in [1.165, 1.54) is 16.2 Å². The van der Waals surface area contributed by atoms with Crippen LogP contribution in [0.4, 0.5) is 5.69 Å². The quantitative estimate of drug-likeness (QED) is 0.818. The van der Waals surface area contributed by atoms with Crippen LogP contribution in [0.3, 0.4) is 0 Å². The van der Waals surface area contributed by atoms with Gasteiger partial charge in [-0.25, -0.2) is 0 Å². The molecule has 0 saturated heterocycles. The monoisotopic (exact) mass is 342 g/mol. The Bertz CT molecular complexity index is 779. The molecule has 0 bridgehead atoms. The average molecular weight is 342 g/mol. The third-order valence-electron chi connectivity index (χ3n) is 3.74. The van der Waals surface area contributed by atoms with Gasteiger partial charge in [0.2, 0.25) is 0 Å². The minimum atomic E-state index is -0.277. The van der Waals surface area contributed by atoms with Gasteiger partial charge in [0.15, 0.2) is 0 Å². The van der Waals surface area contributed by atoms with Gasteiger partial charge in [-0.3, -0.25) is 14.5 Å². The number of anilines is 1. The molecule has 2 heterocycles. The summed E-state index contributed by atoms with van der Waals surface area (Å²) in [5.41, 5.74) is 1.51. The van der Waals surface area contributed by atoms with E-state index >= 15 is 0 Å². The number of hydrogen-bond donors (Lipinski definition) is 1. The maximum atomic E-state index is 12.7. The third kappa shape index (κ3) is 2.92. The van der Waals surface area contributed by atoms with Crippen molar-refractivity contribution in [2.24, 2.45) is 0 Å². The zero-order valence-corrected chi connectivity index (χ0v) is 14.4. The fourth-order valence-electron chi connectivity index (χ4n) is 2.59. The second kappa shape index (κ2) is 6.88. The molecule has 0 atom stereocenters. The molecule has 0 unspecified atom stereocenters. The lowest BCUT2D eigenvalue weighted by Crippen LogP contribution is -2.33. The van der Waals surface area contributed by atoms with E-state index < -0.39 is 0 Å². The molecule has 5 nitrogen and oxygen atoms in total. The van der Waals surface area contributed by atoms with Crippen LogP contribution in [-0.2, 0) is 9.59 Å². The van der Waals surface area contributed by atoms with Gasteiger partial charge in [0.1, 0.15) is 11.4 Å². The Balaban J connectivity index is 1.98. The van der Waals surface area contributed by atoms with Crippen LogP contribution in [-0.4, -0.2) is 30.4 Å². The van der Waals surface area contributed by atoms with Crippen molar-refractivity contribution < 1.29 is 14.3 Å². The van der Waals surface area contributed by atoms with Gasteiger partial charge in [0, 0.05) is 17.1 Å². The topological polar surface area (TPSA) is 58.6 Å². The first-order valence-electron chi connectivity index (χ1n) is 7.71. The van der Waals surface area contributed by atoms with Crippen LogP contribution in [0.25, 0.3) is 5.57 Å². The van der Waals surface area contributed by atoms with E-state index in [2.05, 4.69) is 5.32 Å². The van der Waals surface area contributed by atoms with Gasteiger partial charge in [0.05, 0.1) is 12.7 Å². The van der Waals surface area contributed by atoms with Crippen LogP contribution in [0.1, 0.15) is 18.2 Å².